The second-order valence-electron chi connectivity index (χ2n) is 8.67. The summed E-state index contributed by atoms with van der Waals surface area (Å²) >= 11 is 0. The molecule has 0 radical (unpaired) electrons. The van der Waals surface area contributed by atoms with E-state index in [0.29, 0.717) is 23.3 Å². The minimum Gasteiger partial charge on any atom is -0.460 e. The van der Waals surface area contributed by atoms with Crippen LogP contribution < -0.4 is 0 Å². The van der Waals surface area contributed by atoms with Crippen molar-refractivity contribution < 1.29 is 23.9 Å². The van der Waals surface area contributed by atoms with E-state index in [0.717, 1.165) is 19.3 Å². The molecule has 0 aromatic heterocycles. The Morgan fingerprint density at radius 2 is 1.58 bits per heavy atom. The molecule has 0 N–H and O–H groups in total. The molecule has 164 valence electrons. The van der Waals surface area contributed by atoms with E-state index in [4.69, 9.17) is 9.47 Å². The number of benzene rings is 2. The molecule has 2 aromatic rings. The van der Waals surface area contributed by atoms with Crippen molar-refractivity contribution in [3.63, 3.8) is 0 Å². The second kappa shape index (κ2) is 10.4. The molecule has 0 heterocycles. The number of rotatable bonds is 7. The Bertz CT molecular complexity index is 918. The third-order valence-electron chi connectivity index (χ3n) is 5.99. The van der Waals surface area contributed by atoms with Crippen LogP contribution >= 0.6 is 0 Å². The Morgan fingerprint density at radius 1 is 0.935 bits per heavy atom. The summed E-state index contributed by atoms with van der Waals surface area (Å²) in [6, 6.07) is 15.2. The van der Waals surface area contributed by atoms with Gasteiger partial charge in [-0.1, -0.05) is 75.7 Å². The highest BCUT2D eigenvalue weighted by atomic mass is 16.6. The van der Waals surface area contributed by atoms with Gasteiger partial charge in [-0.3, -0.25) is 4.79 Å². The van der Waals surface area contributed by atoms with Crippen molar-refractivity contribution in [3.05, 3.63) is 71.3 Å². The average molecular weight is 423 g/mol. The van der Waals surface area contributed by atoms with Crippen LogP contribution in [0.3, 0.4) is 0 Å². The van der Waals surface area contributed by atoms with Crippen molar-refractivity contribution in [2.45, 2.75) is 46.1 Å². The summed E-state index contributed by atoms with van der Waals surface area (Å²) in [5.41, 5.74) is 0.858. The van der Waals surface area contributed by atoms with Crippen LogP contribution in [0.1, 0.15) is 66.3 Å². The maximum absolute atomic E-state index is 12.8. The van der Waals surface area contributed by atoms with Crippen molar-refractivity contribution in [2.24, 2.45) is 17.8 Å². The minimum atomic E-state index is -0.714. The standard InChI is InChI=1S/C26H30O5/c1-17(2)20-14-13-18(3)15-23(20)31-24(27)16-30-26(29)22-12-8-7-11-21(22)25(28)19-9-5-4-6-10-19/h4-12,17-18,20,23H,13-16H2,1-3H3. The topological polar surface area (TPSA) is 69.7 Å². The first kappa shape index (κ1) is 22.7. The van der Waals surface area contributed by atoms with Gasteiger partial charge in [0.15, 0.2) is 12.4 Å². The molecule has 5 heteroatoms. The van der Waals surface area contributed by atoms with Crippen molar-refractivity contribution in [1.29, 1.82) is 0 Å². The SMILES string of the molecule is CC1CCC(C(C)C)C(OC(=O)COC(=O)c2ccccc2C(=O)c2ccccc2)C1. The molecule has 0 spiro atoms. The van der Waals surface area contributed by atoms with E-state index >= 15 is 0 Å². The monoisotopic (exact) mass is 422 g/mol. The van der Waals surface area contributed by atoms with Crippen molar-refractivity contribution >= 4 is 17.7 Å². The van der Waals surface area contributed by atoms with Crippen LogP contribution in [0, 0.1) is 17.8 Å². The van der Waals surface area contributed by atoms with Gasteiger partial charge in [-0.25, -0.2) is 9.59 Å². The summed E-state index contributed by atoms with van der Waals surface area (Å²) in [7, 11) is 0. The van der Waals surface area contributed by atoms with Crippen LogP contribution in [0.5, 0.6) is 0 Å². The maximum atomic E-state index is 12.8. The number of carbonyl (C=O) groups excluding carboxylic acids is 3. The van der Waals surface area contributed by atoms with Gasteiger partial charge >= 0.3 is 11.9 Å². The Kier molecular flexibility index (Phi) is 7.61. The first-order chi connectivity index (χ1) is 14.9. The zero-order valence-corrected chi connectivity index (χ0v) is 18.4. The van der Waals surface area contributed by atoms with Gasteiger partial charge in [-0.2, -0.15) is 0 Å². The summed E-state index contributed by atoms with van der Waals surface area (Å²) in [6.07, 6.45) is 2.85. The third kappa shape index (κ3) is 5.81. The average Bonchev–Trinajstić information content (AvgIpc) is 2.77. The molecule has 3 rings (SSSR count). The summed E-state index contributed by atoms with van der Waals surface area (Å²) < 4.78 is 10.9. The lowest BCUT2D eigenvalue weighted by molar-refractivity contribution is -0.159. The van der Waals surface area contributed by atoms with E-state index in [9.17, 15) is 14.4 Å². The predicted octanol–water partition coefficient (Wildman–Crippen LogP) is 5.08. The van der Waals surface area contributed by atoms with E-state index in [1.807, 2.05) is 6.07 Å². The number of esters is 2. The number of ether oxygens (including phenoxy) is 2. The zero-order valence-electron chi connectivity index (χ0n) is 18.4. The van der Waals surface area contributed by atoms with Crippen LogP contribution in [0.15, 0.2) is 54.6 Å². The Labute approximate surface area is 183 Å². The van der Waals surface area contributed by atoms with Crippen LogP contribution in [0.2, 0.25) is 0 Å². The fraction of sp³-hybridized carbons (Fsp3) is 0.423. The summed E-state index contributed by atoms with van der Waals surface area (Å²) in [4.78, 5) is 37.8. The number of carbonyl (C=O) groups is 3. The summed E-state index contributed by atoms with van der Waals surface area (Å²) in [6.45, 7) is 5.98. The van der Waals surface area contributed by atoms with Gasteiger partial charge in [-0.05, 0) is 36.7 Å². The number of hydrogen-bond acceptors (Lipinski definition) is 5. The molecule has 1 saturated carbocycles. The first-order valence-electron chi connectivity index (χ1n) is 10.9. The summed E-state index contributed by atoms with van der Waals surface area (Å²) in [5, 5.41) is 0. The van der Waals surface area contributed by atoms with Crippen molar-refractivity contribution in [2.75, 3.05) is 6.61 Å². The number of ketones is 1. The van der Waals surface area contributed by atoms with Crippen molar-refractivity contribution in [1.82, 2.24) is 0 Å². The molecule has 0 bridgehead atoms. The summed E-state index contributed by atoms with van der Waals surface area (Å²) in [5.74, 6) is -0.291. The minimum absolute atomic E-state index is 0.135. The molecule has 3 unspecified atom stereocenters. The molecule has 1 fully saturated rings. The fourth-order valence-corrected chi connectivity index (χ4v) is 4.26. The van der Waals surface area contributed by atoms with Crippen LogP contribution in [0.25, 0.3) is 0 Å². The largest absolute Gasteiger partial charge is 0.460 e. The molecule has 3 atom stereocenters. The molecule has 0 aliphatic heterocycles. The molecule has 5 nitrogen and oxygen atoms in total. The lowest BCUT2D eigenvalue weighted by atomic mass is 9.75. The van der Waals surface area contributed by atoms with Gasteiger partial charge in [0.05, 0.1) is 5.56 Å². The van der Waals surface area contributed by atoms with E-state index < -0.39 is 18.5 Å². The van der Waals surface area contributed by atoms with Crippen LogP contribution in [-0.2, 0) is 14.3 Å². The van der Waals surface area contributed by atoms with E-state index in [2.05, 4.69) is 20.8 Å². The van der Waals surface area contributed by atoms with Gasteiger partial charge in [0.1, 0.15) is 6.10 Å². The Hall–Kier alpha value is -2.95. The molecular weight excluding hydrogens is 392 g/mol. The highest BCUT2D eigenvalue weighted by Crippen LogP contribution is 2.35. The zero-order chi connectivity index (χ0) is 22.4. The normalized spacial score (nSPS) is 20.8. The first-order valence-corrected chi connectivity index (χ1v) is 10.9. The Morgan fingerprint density at radius 3 is 2.26 bits per heavy atom. The van der Waals surface area contributed by atoms with Gasteiger partial charge < -0.3 is 9.47 Å². The highest BCUT2D eigenvalue weighted by molar-refractivity contribution is 6.14. The molecular formula is C26H30O5. The van der Waals surface area contributed by atoms with Crippen molar-refractivity contribution in [3.8, 4) is 0 Å². The smallest absolute Gasteiger partial charge is 0.344 e. The molecule has 31 heavy (non-hydrogen) atoms. The van der Waals surface area contributed by atoms with E-state index in [1.165, 1.54) is 6.07 Å². The third-order valence-corrected chi connectivity index (χ3v) is 5.99. The molecule has 1 aliphatic carbocycles. The molecule has 0 saturated heterocycles. The quantitative estimate of drug-likeness (QED) is 0.460. The number of hydrogen-bond donors (Lipinski definition) is 0. The van der Waals surface area contributed by atoms with Crippen LogP contribution in [0.4, 0.5) is 0 Å². The second-order valence-corrected chi connectivity index (χ2v) is 8.67. The van der Waals surface area contributed by atoms with Gasteiger partial charge in [0, 0.05) is 11.1 Å². The molecule has 2 aromatic carbocycles. The van der Waals surface area contributed by atoms with Crippen LogP contribution in [-0.4, -0.2) is 30.4 Å². The molecule has 1 aliphatic rings. The lowest BCUT2D eigenvalue weighted by Crippen LogP contribution is -2.36. The van der Waals surface area contributed by atoms with E-state index in [1.54, 1.807) is 42.5 Å². The fourth-order valence-electron chi connectivity index (χ4n) is 4.26. The van der Waals surface area contributed by atoms with Gasteiger partial charge in [-0.15, -0.1) is 0 Å². The highest BCUT2D eigenvalue weighted by Gasteiger charge is 2.33. The molecule has 0 amide bonds. The predicted molar refractivity (Wildman–Crippen MR) is 118 cm³/mol. The lowest BCUT2D eigenvalue weighted by Gasteiger charge is -2.36. The maximum Gasteiger partial charge on any atom is 0.344 e. The van der Waals surface area contributed by atoms with Gasteiger partial charge in [0.25, 0.3) is 0 Å². The van der Waals surface area contributed by atoms with E-state index in [-0.39, 0.29) is 23.0 Å². The Balaban J connectivity index is 1.63. The van der Waals surface area contributed by atoms with Gasteiger partial charge in [0.2, 0.25) is 0 Å².